The molecule has 0 amide bonds. The molecule has 0 aromatic carbocycles. The molecule has 0 saturated carbocycles. The normalized spacial score (nSPS) is 10.3. The number of rotatable bonds is 6. The van der Waals surface area contributed by atoms with Crippen molar-refractivity contribution in [2.75, 3.05) is 37.9 Å². The van der Waals surface area contributed by atoms with Gasteiger partial charge in [0.05, 0.1) is 6.61 Å². The van der Waals surface area contributed by atoms with E-state index >= 15 is 0 Å². The quantitative estimate of drug-likeness (QED) is 0.665. The molecule has 0 aliphatic heterocycles. The third-order valence-corrected chi connectivity index (χ3v) is 2.06. The first-order valence-electron chi connectivity index (χ1n) is 5.35. The SMILES string of the molecule is CNc1nc(NCCOC)nc(-n2cncn2)n1. The molecule has 0 radical (unpaired) electrons. The summed E-state index contributed by atoms with van der Waals surface area (Å²) in [5.41, 5.74) is 0. The van der Waals surface area contributed by atoms with Crippen LogP contribution in [0.25, 0.3) is 5.95 Å². The standard InChI is InChI=1S/C9H14N8O/c1-10-7-14-8(12-3-4-18-2)16-9(15-7)17-6-11-5-13-17/h5-6H,3-4H2,1-2H3,(H2,10,12,14,15,16). The second kappa shape index (κ2) is 5.87. The topological polar surface area (TPSA) is 103 Å². The molecule has 0 spiro atoms. The fraction of sp³-hybridized carbons (Fsp3) is 0.444. The van der Waals surface area contributed by atoms with Gasteiger partial charge in [-0.3, -0.25) is 0 Å². The van der Waals surface area contributed by atoms with Crippen molar-refractivity contribution in [3.63, 3.8) is 0 Å². The average molecular weight is 250 g/mol. The molecule has 2 N–H and O–H groups in total. The number of aromatic nitrogens is 6. The van der Waals surface area contributed by atoms with E-state index in [9.17, 15) is 0 Å². The van der Waals surface area contributed by atoms with Crippen molar-refractivity contribution in [1.29, 1.82) is 0 Å². The van der Waals surface area contributed by atoms with Crippen LogP contribution < -0.4 is 10.6 Å². The number of ether oxygens (including phenoxy) is 1. The van der Waals surface area contributed by atoms with Crippen LogP contribution in [-0.2, 0) is 4.74 Å². The van der Waals surface area contributed by atoms with Gasteiger partial charge in [-0.05, 0) is 0 Å². The number of nitrogens with one attached hydrogen (secondary N) is 2. The zero-order valence-corrected chi connectivity index (χ0v) is 10.2. The molecule has 0 fully saturated rings. The molecular formula is C9H14N8O. The summed E-state index contributed by atoms with van der Waals surface area (Å²) in [6, 6.07) is 0. The van der Waals surface area contributed by atoms with E-state index in [1.165, 1.54) is 17.3 Å². The van der Waals surface area contributed by atoms with Crippen LogP contribution in [0.4, 0.5) is 11.9 Å². The summed E-state index contributed by atoms with van der Waals surface area (Å²) >= 11 is 0. The van der Waals surface area contributed by atoms with Crippen molar-refractivity contribution in [2.45, 2.75) is 0 Å². The van der Waals surface area contributed by atoms with E-state index in [4.69, 9.17) is 4.74 Å². The van der Waals surface area contributed by atoms with Gasteiger partial charge in [-0.1, -0.05) is 0 Å². The highest BCUT2D eigenvalue weighted by atomic mass is 16.5. The Hall–Kier alpha value is -2.29. The molecule has 2 heterocycles. The fourth-order valence-corrected chi connectivity index (χ4v) is 1.23. The molecule has 9 heteroatoms. The molecule has 96 valence electrons. The van der Waals surface area contributed by atoms with E-state index in [1.54, 1.807) is 14.2 Å². The van der Waals surface area contributed by atoms with E-state index in [0.717, 1.165) is 0 Å². The van der Waals surface area contributed by atoms with E-state index in [2.05, 4.69) is 35.7 Å². The van der Waals surface area contributed by atoms with Crippen LogP contribution in [0.5, 0.6) is 0 Å². The maximum absolute atomic E-state index is 4.95. The molecule has 2 aromatic rings. The number of nitrogens with zero attached hydrogens (tertiary/aromatic N) is 6. The van der Waals surface area contributed by atoms with Crippen molar-refractivity contribution < 1.29 is 4.74 Å². The van der Waals surface area contributed by atoms with Gasteiger partial charge in [0.2, 0.25) is 11.9 Å². The number of methoxy groups -OCH3 is 1. The highest BCUT2D eigenvalue weighted by Crippen LogP contribution is 2.07. The lowest BCUT2D eigenvalue weighted by Crippen LogP contribution is -2.14. The summed E-state index contributed by atoms with van der Waals surface area (Å²) in [7, 11) is 3.37. The summed E-state index contributed by atoms with van der Waals surface area (Å²) in [4.78, 5) is 16.4. The minimum atomic E-state index is 0.395. The van der Waals surface area contributed by atoms with Gasteiger partial charge in [-0.25, -0.2) is 4.98 Å². The predicted octanol–water partition coefficient (Wildman–Crippen LogP) is -0.448. The van der Waals surface area contributed by atoms with Crippen LogP contribution in [0, 0.1) is 0 Å². The first kappa shape index (κ1) is 12.2. The second-order valence-corrected chi connectivity index (χ2v) is 3.29. The molecule has 0 aliphatic carbocycles. The Kier molecular flexibility index (Phi) is 3.97. The van der Waals surface area contributed by atoms with Crippen molar-refractivity contribution in [1.82, 2.24) is 29.7 Å². The van der Waals surface area contributed by atoms with Gasteiger partial charge in [-0.15, -0.1) is 0 Å². The first-order chi connectivity index (χ1) is 8.83. The zero-order valence-electron chi connectivity index (χ0n) is 10.2. The Balaban J connectivity index is 2.22. The minimum absolute atomic E-state index is 0.395. The summed E-state index contributed by atoms with van der Waals surface area (Å²) in [5, 5.41) is 9.87. The highest BCUT2D eigenvalue weighted by Gasteiger charge is 2.07. The van der Waals surface area contributed by atoms with E-state index < -0.39 is 0 Å². The Bertz CT molecular complexity index is 485. The summed E-state index contributed by atoms with van der Waals surface area (Å²) < 4.78 is 6.41. The maximum Gasteiger partial charge on any atom is 0.258 e. The summed E-state index contributed by atoms with van der Waals surface area (Å²) in [6.07, 6.45) is 2.94. The van der Waals surface area contributed by atoms with Crippen LogP contribution >= 0.6 is 0 Å². The van der Waals surface area contributed by atoms with Crippen LogP contribution in [0.1, 0.15) is 0 Å². The molecule has 2 aromatic heterocycles. The molecule has 0 bridgehead atoms. The van der Waals surface area contributed by atoms with E-state index in [0.29, 0.717) is 31.0 Å². The number of hydrogen-bond acceptors (Lipinski definition) is 8. The number of hydrogen-bond donors (Lipinski definition) is 2. The zero-order chi connectivity index (χ0) is 12.8. The van der Waals surface area contributed by atoms with E-state index in [-0.39, 0.29) is 0 Å². The Morgan fingerprint density at radius 3 is 2.78 bits per heavy atom. The van der Waals surface area contributed by atoms with Crippen LogP contribution in [0.3, 0.4) is 0 Å². The summed E-state index contributed by atoms with van der Waals surface area (Å²) in [5.74, 6) is 1.30. The fourth-order valence-electron chi connectivity index (χ4n) is 1.23. The van der Waals surface area contributed by atoms with Crippen LogP contribution in [0.15, 0.2) is 12.7 Å². The van der Waals surface area contributed by atoms with Crippen molar-refractivity contribution in [2.24, 2.45) is 0 Å². The van der Waals surface area contributed by atoms with Crippen LogP contribution in [-0.4, -0.2) is 57.0 Å². The lowest BCUT2D eigenvalue weighted by atomic mass is 10.6. The largest absolute Gasteiger partial charge is 0.383 e. The third kappa shape index (κ3) is 2.88. The van der Waals surface area contributed by atoms with Gasteiger partial charge >= 0.3 is 0 Å². The van der Waals surface area contributed by atoms with Crippen LogP contribution in [0.2, 0.25) is 0 Å². The molecule has 9 nitrogen and oxygen atoms in total. The lowest BCUT2D eigenvalue weighted by molar-refractivity contribution is 0.210. The third-order valence-electron chi connectivity index (χ3n) is 2.06. The molecule has 18 heavy (non-hydrogen) atoms. The lowest BCUT2D eigenvalue weighted by Gasteiger charge is -2.07. The Labute approximate surface area is 104 Å². The smallest absolute Gasteiger partial charge is 0.258 e. The highest BCUT2D eigenvalue weighted by molar-refractivity contribution is 5.37. The molecule has 0 aliphatic rings. The Morgan fingerprint density at radius 2 is 2.11 bits per heavy atom. The van der Waals surface area contributed by atoms with Crippen molar-refractivity contribution in [3.8, 4) is 5.95 Å². The van der Waals surface area contributed by atoms with Gasteiger partial charge in [0.15, 0.2) is 0 Å². The number of anilines is 2. The van der Waals surface area contributed by atoms with Gasteiger partial charge < -0.3 is 15.4 Å². The monoisotopic (exact) mass is 250 g/mol. The van der Waals surface area contributed by atoms with Gasteiger partial charge in [0.25, 0.3) is 5.95 Å². The Morgan fingerprint density at radius 1 is 1.28 bits per heavy atom. The van der Waals surface area contributed by atoms with Gasteiger partial charge in [-0.2, -0.15) is 24.7 Å². The van der Waals surface area contributed by atoms with E-state index in [1.807, 2.05) is 0 Å². The molecule has 0 saturated heterocycles. The minimum Gasteiger partial charge on any atom is -0.383 e. The molecule has 0 atom stereocenters. The average Bonchev–Trinajstić information content (AvgIpc) is 2.92. The molecule has 2 rings (SSSR count). The summed E-state index contributed by atoms with van der Waals surface area (Å²) in [6.45, 7) is 1.18. The van der Waals surface area contributed by atoms with Crippen molar-refractivity contribution in [3.05, 3.63) is 12.7 Å². The van der Waals surface area contributed by atoms with Gasteiger partial charge in [0.1, 0.15) is 12.7 Å². The first-order valence-corrected chi connectivity index (χ1v) is 5.35. The maximum atomic E-state index is 4.95. The second-order valence-electron chi connectivity index (χ2n) is 3.29. The molecule has 0 unspecified atom stereocenters. The molecular weight excluding hydrogens is 236 g/mol. The van der Waals surface area contributed by atoms with Crippen molar-refractivity contribution >= 4 is 11.9 Å². The predicted molar refractivity (Wildman–Crippen MR) is 64.7 cm³/mol. The van der Waals surface area contributed by atoms with Gasteiger partial charge in [0, 0.05) is 20.7 Å².